The summed E-state index contributed by atoms with van der Waals surface area (Å²) in [5, 5.41) is 10.3. The Morgan fingerprint density at radius 3 is 2.75 bits per heavy atom. The molecule has 2 aromatic heterocycles. The lowest BCUT2D eigenvalue weighted by atomic mass is 10.2. The second-order valence-corrected chi connectivity index (χ2v) is 5.97. The Labute approximate surface area is 122 Å². The molecular formula is C13H19N5OS. The normalized spacial score (nSPS) is 10.8. The average Bonchev–Trinajstić information content (AvgIpc) is 2.97. The first-order valence-electron chi connectivity index (χ1n) is 6.45. The molecule has 0 aliphatic rings. The maximum Gasteiger partial charge on any atom is 0.321 e. The SMILES string of the molecule is Cc1c(CNC(=O)Nc2ncc(C(C)C)s2)cnn1C. The van der Waals surface area contributed by atoms with Crippen LogP contribution in [-0.4, -0.2) is 20.8 Å². The summed E-state index contributed by atoms with van der Waals surface area (Å²) in [5.74, 6) is 0.421. The first kappa shape index (κ1) is 14.5. The monoisotopic (exact) mass is 293 g/mol. The van der Waals surface area contributed by atoms with Crippen molar-refractivity contribution < 1.29 is 4.79 Å². The molecule has 2 amide bonds. The van der Waals surface area contributed by atoms with Crippen LogP contribution in [0.1, 0.15) is 35.9 Å². The number of rotatable bonds is 4. The fraction of sp³-hybridized carbons (Fsp3) is 0.462. The van der Waals surface area contributed by atoms with Crippen molar-refractivity contribution in [2.45, 2.75) is 33.2 Å². The predicted molar refractivity (Wildman–Crippen MR) is 80.0 cm³/mol. The highest BCUT2D eigenvalue weighted by Crippen LogP contribution is 2.24. The Morgan fingerprint density at radius 2 is 2.20 bits per heavy atom. The van der Waals surface area contributed by atoms with Crippen molar-refractivity contribution in [3.8, 4) is 0 Å². The number of urea groups is 1. The minimum atomic E-state index is -0.252. The van der Waals surface area contributed by atoms with Gasteiger partial charge in [0.15, 0.2) is 5.13 Å². The van der Waals surface area contributed by atoms with Crippen LogP contribution >= 0.6 is 11.3 Å². The number of carbonyl (C=O) groups excluding carboxylic acids is 1. The highest BCUT2D eigenvalue weighted by atomic mass is 32.1. The lowest BCUT2D eigenvalue weighted by molar-refractivity contribution is 0.251. The zero-order valence-electron chi connectivity index (χ0n) is 12.1. The van der Waals surface area contributed by atoms with Gasteiger partial charge in [0.05, 0.1) is 6.20 Å². The Morgan fingerprint density at radius 1 is 1.45 bits per heavy atom. The molecule has 2 aromatic rings. The molecule has 0 bridgehead atoms. The maximum atomic E-state index is 11.8. The van der Waals surface area contributed by atoms with Crippen LogP contribution in [-0.2, 0) is 13.6 Å². The number of amides is 2. The number of nitrogens with one attached hydrogen (secondary N) is 2. The van der Waals surface area contributed by atoms with E-state index < -0.39 is 0 Å². The molecule has 0 spiro atoms. The number of anilines is 1. The lowest BCUT2D eigenvalue weighted by Crippen LogP contribution is -2.28. The molecule has 0 aliphatic carbocycles. The van der Waals surface area contributed by atoms with Crippen LogP contribution in [0.4, 0.5) is 9.93 Å². The van der Waals surface area contributed by atoms with Crippen LogP contribution in [0.3, 0.4) is 0 Å². The Balaban J connectivity index is 1.87. The molecule has 0 saturated heterocycles. The minimum Gasteiger partial charge on any atom is -0.334 e. The van der Waals surface area contributed by atoms with Crippen molar-refractivity contribution >= 4 is 22.5 Å². The van der Waals surface area contributed by atoms with E-state index >= 15 is 0 Å². The van der Waals surface area contributed by atoms with E-state index in [-0.39, 0.29) is 6.03 Å². The average molecular weight is 293 g/mol. The van der Waals surface area contributed by atoms with Gasteiger partial charge in [0.2, 0.25) is 0 Å². The summed E-state index contributed by atoms with van der Waals surface area (Å²) in [6, 6.07) is -0.252. The van der Waals surface area contributed by atoms with Gasteiger partial charge in [0.1, 0.15) is 0 Å². The fourth-order valence-corrected chi connectivity index (χ4v) is 2.46. The molecular weight excluding hydrogens is 274 g/mol. The zero-order chi connectivity index (χ0) is 14.7. The van der Waals surface area contributed by atoms with Gasteiger partial charge in [0, 0.05) is 35.9 Å². The van der Waals surface area contributed by atoms with E-state index in [2.05, 4.69) is 34.6 Å². The van der Waals surface area contributed by atoms with Gasteiger partial charge in [-0.3, -0.25) is 10.00 Å². The molecule has 20 heavy (non-hydrogen) atoms. The molecule has 0 aromatic carbocycles. The number of aryl methyl sites for hydroxylation is 1. The topological polar surface area (TPSA) is 71.8 Å². The first-order valence-corrected chi connectivity index (χ1v) is 7.27. The second kappa shape index (κ2) is 6.04. The van der Waals surface area contributed by atoms with E-state index in [0.29, 0.717) is 17.6 Å². The van der Waals surface area contributed by atoms with Gasteiger partial charge >= 0.3 is 6.03 Å². The van der Waals surface area contributed by atoms with Crippen LogP contribution < -0.4 is 10.6 Å². The molecule has 0 aliphatic heterocycles. The summed E-state index contributed by atoms with van der Waals surface area (Å²) in [5.41, 5.74) is 2.05. The van der Waals surface area contributed by atoms with Crippen LogP contribution in [0.5, 0.6) is 0 Å². The maximum absolute atomic E-state index is 11.8. The molecule has 108 valence electrons. The summed E-state index contributed by atoms with van der Waals surface area (Å²) in [7, 11) is 1.88. The quantitative estimate of drug-likeness (QED) is 0.910. The van der Waals surface area contributed by atoms with E-state index in [1.807, 2.05) is 14.0 Å². The van der Waals surface area contributed by atoms with Gasteiger partial charge in [-0.1, -0.05) is 13.8 Å². The second-order valence-electron chi connectivity index (χ2n) is 4.91. The van der Waals surface area contributed by atoms with E-state index in [1.165, 1.54) is 11.3 Å². The summed E-state index contributed by atoms with van der Waals surface area (Å²) in [6.45, 7) is 6.62. The molecule has 0 atom stereocenters. The van der Waals surface area contributed by atoms with E-state index in [4.69, 9.17) is 0 Å². The summed E-state index contributed by atoms with van der Waals surface area (Å²) >= 11 is 1.50. The lowest BCUT2D eigenvalue weighted by Gasteiger charge is -2.05. The van der Waals surface area contributed by atoms with Gasteiger partial charge in [-0.15, -0.1) is 11.3 Å². The van der Waals surface area contributed by atoms with E-state index in [9.17, 15) is 4.79 Å². The van der Waals surface area contributed by atoms with Crippen molar-refractivity contribution in [3.05, 3.63) is 28.5 Å². The zero-order valence-corrected chi connectivity index (χ0v) is 12.9. The summed E-state index contributed by atoms with van der Waals surface area (Å²) in [4.78, 5) is 17.1. The van der Waals surface area contributed by atoms with Crippen LogP contribution in [0.15, 0.2) is 12.4 Å². The molecule has 2 heterocycles. The molecule has 0 unspecified atom stereocenters. The largest absolute Gasteiger partial charge is 0.334 e. The number of carbonyl (C=O) groups is 1. The third kappa shape index (κ3) is 3.36. The first-order chi connectivity index (χ1) is 9.47. The molecule has 0 saturated carbocycles. The number of thiazole rings is 1. The molecule has 7 heteroatoms. The smallest absolute Gasteiger partial charge is 0.321 e. The molecule has 0 radical (unpaired) electrons. The molecule has 6 nitrogen and oxygen atoms in total. The van der Waals surface area contributed by atoms with Crippen LogP contribution in [0.2, 0.25) is 0 Å². The molecule has 2 N–H and O–H groups in total. The van der Waals surface area contributed by atoms with Crippen molar-refractivity contribution in [2.24, 2.45) is 7.05 Å². The highest BCUT2D eigenvalue weighted by molar-refractivity contribution is 7.15. The Hall–Kier alpha value is -1.89. The molecule has 0 fully saturated rings. The predicted octanol–water partition coefficient (Wildman–Crippen LogP) is 2.63. The van der Waals surface area contributed by atoms with E-state index in [1.54, 1.807) is 17.1 Å². The Kier molecular flexibility index (Phi) is 4.39. The summed E-state index contributed by atoms with van der Waals surface area (Å²) in [6.07, 6.45) is 3.56. The van der Waals surface area contributed by atoms with Crippen LogP contribution in [0, 0.1) is 6.92 Å². The number of hydrogen-bond acceptors (Lipinski definition) is 4. The fourth-order valence-electron chi connectivity index (χ4n) is 1.65. The van der Waals surface area contributed by atoms with Gasteiger partial charge in [0.25, 0.3) is 0 Å². The number of hydrogen-bond donors (Lipinski definition) is 2. The number of nitrogens with zero attached hydrogens (tertiary/aromatic N) is 3. The van der Waals surface area contributed by atoms with Crippen molar-refractivity contribution in [2.75, 3.05) is 5.32 Å². The van der Waals surface area contributed by atoms with E-state index in [0.717, 1.165) is 16.1 Å². The Bertz CT molecular complexity index is 602. The third-order valence-corrected chi connectivity index (χ3v) is 4.30. The number of aromatic nitrogens is 3. The van der Waals surface area contributed by atoms with Crippen molar-refractivity contribution in [1.29, 1.82) is 0 Å². The van der Waals surface area contributed by atoms with Gasteiger partial charge in [-0.2, -0.15) is 5.10 Å². The van der Waals surface area contributed by atoms with Gasteiger partial charge in [-0.05, 0) is 12.8 Å². The highest BCUT2D eigenvalue weighted by Gasteiger charge is 2.09. The van der Waals surface area contributed by atoms with Gasteiger partial charge in [-0.25, -0.2) is 9.78 Å². The van der Waals surface area contributed by atoms with Crippen molar-refractivity contribution in [3.63, 3.8) is 0 Å². The third-order valence-electron chi connectivity index (χ3n) is 3.09. The standard InChI is InChI=1S/C13H19N5OS/c1-8(2)11-7-15-13(20-11)17-12(19)14-5-10-6-16-18(4)9(10)3/h6-8H,5H2,1-4H3,(H2,14,15,17,19). The summed E-state index contributed by atoms with van der Waals surface area (Å²) < 4.78 is 1.78. The minimum absolute atomic E-state index is 0.252. The van der Waals surface area contributed by atoms with Crippen molar-refractivity contribution in [1.82, 2.24) is 20.1 Å². The van der Waals surface area contributed by atoms with Crippen LogP contribution in [0.25, 0.3) is 0 Å². The molecule has 2 rings (SSSR count). The van der Waals surface area contributed by atoms with Gasteiger partial charge < -0.3 is 5.32 Å².